The Balaban J connectivity index is 1.85. The number of aryl methyl sites for hydroxylation is 1. The second-order valence-electron chi connectivity index (χ2n) is 8.62. The third-order valence-electron chi connectivity index (χ3n) is 6.05. The highest BCUT2D eigenvalue weighted by Gasteiger charge is 2.38. The smallest absolute Gasteiger partial charge is 0.273 e. The molecule has 2 aromatic heterocycles. The number of methoxy groups -OCH3 is 2. The molecule has 1 fully saturated rings. The van der Waals surface area contributed by atoms with E-state index in [9.17, 15) is 14.4 Å². The van der Waals surface area contributed by atoms with Crippen molar-refractivity contribution in [2.24, 2.45) is 5.73 Å². The molecule has 12 nitrogen and oxygen atoms in total. The van der Waals surface area contributed by atoms with Crippen LogP contribution in [-0.4, -0.2) is 55.6 Å². The van der Waals surface area contributed by atoms with Gasteiger partial charge in [-0.05, 0) is 43.4 Å². The second kappa shape index (κ2) is 11.5. The average molecular weight is 544 g/mol. The largest absolute Gasteiger partial charge is 0.497 e. The average Bonchev–Trinajstić information content (AvgIpc) is 3.66. The minimum absolute atomic E-state index is 0.0687. The molecule has 0 unspecified atom stereocenters. The van der Waals surface area contributed by atoms with Crippen molar-refractivity contribution in [1.29, 1.82) is 0 Å². The predicted molar refractivity (Wildman–Crippen MR) is 140 cm³/mol. The van der Waals surface area contributed by atoms with Crippen molar-refractivity contribution in [2.45, 2.75) is 31.9 Å². The van der Waals surface area contributed by atoms with Crippen LogP contribution >= 0.6 is 11.5 Å². The number of nitrogens with zero attached hydrogens (tertiary/aromatic N) is 2. The zero-order valence-corrected chi connectivity index (χ0v) is 22.0. The van der Waals surface area contributed by atoms with E-state index >= 15 is 0 Å². The highest BCUT2D eigenvalue weighted by Crippen LogP contribution is 2.37. The maximum atomic E-state index is 14.1. The van der Waals surface area contributed by atoms with E-state index in [2.05, 4.69) is 9.69 Å². The number of amides is 3. The van der Waals surface area contributed by atoms with Crippen LogP contribution in [0.15, 0.2) is 34.7 Å². The van der Waals surface area contributed by atoms with E-state index in [1.54, 1.807) is 37.3 Å². The van der Waals surface area contributed by atoms with Gasteiger partial charge in [0.05, 0.1) is 31.7 Å². The topological polar surface area (TPSA) is 172 Å². The van der Waals surface area contributed by atoms with E-state index in [0.717, 1.165) is 12.8 Å². The first-order valence-corrected chi connectivity index (χ1v) is 12.6. The van der Waals surface area contributed by atoms with Crippen molar-refractivity contribution in [3.05, 3.63) is 52.4 Å². The molecule has 202 valence electrons. The molecule has 0 bridgehead atoms. The van der Waals surface area contributed by atoms with Crippen molar-refractivity contribution >= 4 is 40.6 Å². The zero-order chi connectivity index (χ0) is 27.4. The normalized spacial score (nSPS) is 15.6. The summed E-state index contributed by atoms with van der Waals surface area (Å²) in [4.78, 5) is 40.8. The molecular weight excluding hydrogens is 514 g/mol. The minimum atomic E-state index is -1.27. The molecule has 3 heterocycles. The van der Waals surface area contributed by atoms with Gasteiger partial charge in [-0.3, -0.25) is 19.3 Å². The number of hydrogen-bond donors (Lipinski definition) is 3. The monoisotopic (exact) mass is 543 g/mol. The third kappa shape index (κ3) is 5.58. The minimum Gasteiger partial charge on any atom is -0.497 e. The quantitative estimate of drug-likeness (QED) is 0.347. The fourth-order valence-corrected chi connectivity index (χ4v) is 4.89. The first-order chi connectivity index (χ1) is 18.2. The first kappa shape index (κ1) is 26.9. The van der Waals surface area contributed by atoms with Gasteiger partial charge in [0, 0.05) is 31.4 Å². The summed E-state index contributed by atoms with van der Waals surface area (Å²) < 4.78 is 26.2. The van der Waals surface area contributed by atoms with Gasteiger partial charge < -0.3 is 35.4 Å². The highest BCUT2D eigenvalue weighted by atomic mass is 32.1. The Kier molecular flexibility index (Phi) is 8.17. The van der Waals surface area contributed by atoms with Crippen LogP contribution in [0.4, 0.5) is 11.4 Å². The lowest BCUT2D eigenvalue weighted by Crippen LogP contribution is -2.45. The molecule has 38 heavy (non-hydrogen) atoms. The molecular formula is C25H29N5O7S. The van der Waals surface area contributed by atoms with Crippen LogP contribution in [0.2, 0.25) is 0 Å². The molecule has 4 rings (SSSR count). The number of nitrogen functional groups attached to an aromatic ring is 1. The molecule has 5 N–H and O–H groups in total. The maximum Gasteiger partial charge on any atom is 0.273 e. The number of carbonyl (C=O) groups is 3. The summed E-state index contributed by atoms with van der Waals surface area (Å²) in [5.74, 6) is -0.582. The zero-order valence-electron chi connectivity index (χ0n) is 21.2. The van der Waals surface area contributed by atoms with E-state index in [0.29, 0.717) is 35.4 Å². The number of primary amides is 1. The fourth-order valence-electron chi connectivity index (χ4n) is 4.14. The molecule has 0 spiro atoms. The SMILES string of the molecule is COc1cc(OC)cc(N(C(=O)c2snc(C(N)=O)c2N)[C@@H](C(=O)NC[C@H]2CCCO2)c2ccc(C)o2)c1. The lowest BCUT2D eigenvalue weighted by Gasteiger charge is -2.30. The van der Waals surface area contributed by atoms with Gasteiger partial charge in [0.25, 0.3) is 17.7 Å². The van der Waals surface area contributed by atoms with Gasteiger partial charge in [-0.1, -0.05) is 0 Å². The number of hydrogen-bond acceptors (Lipinski definition) is 10. The van der Waals surface area contributed by atoms with Crippen molar-refractivity contribution < 1.29 is 33.0 Å². The van der Waals surface area contributed by atoms with E-state index in [1.807, 2.05) is 0 Å². The number of ether oxygens (including phenoxy) is 3. The van der Waals surface area contributed by atoms with Gasteiger partial charge in [0.15, 0.2) is 11.7 Å². The number of nitrogens with one attached hydrogen (secondary N) is 1. The summed E-state index contributed by atoms with van der Waals surface area (Å²) in [5.41, 5.74) is 11.3. The fraction of sp³-hybridized carbons (Fsp3) is 0.360. The number of carbonyl (C=O) groups excluding carboxylic acids is 3. The summed E-state index contributed by atoms with van der Waals surface area (Å²) in [5, 5.41) is 2.89. The third-order valence-corrected chi connectivity index (χ3v) is 6.90. The van der Waals surface area contributed by atoms with Gasteiger partial charge in [0.2, 0.25) is 0 Å². The van der Waals surface area contributed by atoms with Crippen molar-refractivity contribution in [2.75, 3.05) is 38.0 Å². The Bertz CT molecular complexity index is 1310. The molecule has 3 amide bonds. The molecule has 1 saturated heterocycles. The van der Waals surface area contributed by atoms with E-state index in [4.69, 9.17) is 30.1 Å². The van der Waals surface area contributed by atoms with Gasteiger partial charge in [0.1, 0.15) is 27.9 Å². The lowest BCUT2D eigenvalue weighted by molar-refractivity contribution is -0.123. The number of rotatable bonds is 10. The Hall–Kier alpha value is -4.10. The molecule has 1 aromatic carbocycles. The maximum absolute atomic E-state index is 14.1. The summed E-state index contributed by atoms with van der Waals surface area (Å²) in [6, 6.07) is 6.81. The number of nitrogens with two attached hydrogens (primary N) is 2. The van der Waals surface area contributed by atoms with Crippen LogP contribution in [0.1, 0.15) is 50.6 Å². The summed E-state index contributed by atoms with van der Waals surface area (Å²) in [6.07, 6.45) is 1.59. The molecule has 0 saturated carbocycles. The predicted octanol–water partition coefficient (Wildman–Crippen LogP) is 2.43. The Morgan fingerprint density at radius 2 is 1.92 bits per heavy atom. The van der Waals surface area contributed by atoms with Crippen molar-refractivity contribution in [3.63, 3.8) is 0 Å². The standard InChI is InChI=1S/C25H29N5O7S/c1-13-6-7-18(37-13)21(24(32)28-12-15-5-4-8-36-15)30(14-9-16(34-2)11-17(10-14)35-3)25(33)22-19(26)20(23(27)31)29-38-22/h6-7,9-11,15,21H,4-5,8,12,26H2,1-3H3,(H2,27,31)(H,28,32)/t15-,21-/m1/s1. The van der Waals surface area contributed by atoms with Gasteiger partial charge in [-0.2, -0.15) is 4.37 Å². The van der Waals surface area contributed by atoms with Gasteiger partial charge in [-0.15, -0.1) is 0 Å². The highest BCUT2D eigenvalue weighted by molar-refractivity contribution is 7.09. The van der Waals surface area contributed by atoms with Crippen molar-refractivity contribution in [1.82, 2.24) is 9.69 Å². The van der Waals surface area contributed by atoms with Crippen LogP contribution in [0, 0.1) is 6.92 Å². The van der Waals surface area contributed by atoms with Crippen LogP contribution < -0.4 is 31.2 Å². The van der Waals surface area contributed by atoms with Gasteiger partial charge >= 0.3 is 0 Å². The van der Waals surface area contributed by atoms with E-state index in [1.165, 1.54) is 19.1 Å². The summed E-state index contributed by atoms with van der Waals surface area (Å²) >= 11 is 0.707. The second-order valence-corrected chi connectivity index (χ2v) is 9.39. The summed E-state index contributed by atoms with van der Waals surface area (Å²) in [6.45, 7) is 2.61. The van der Waals surface area contributed by atoms with E-state index in [-0.39, 0.29) is 40.4 Å². The number of furan rings is 1. The number of benzene rings is 1. The Morgan fingerprint density at radius 3 is 2.45 bits per heavy atom. The van der Waals surface area contributed by atoms with Crippen LogP contribution in [-0.2, 0) is 9.53 Å². The number of anilines is 2. The molecule has 0 aliphatic carbocycles. The summed E-state index contributed by atoms with van der Waals surface area (Å²) in [7, 11) is 2.93. The first-order valence-electron chi connectivity index (χ1n) is 11.8. The number of aromatic nitrogens is 1. The Labute approximate surface area is 223 Å². The van der Waals surface area contributed by atoms with Gasteiger partial charge in [-0.25, -0.2) is 0 Å². The molecule has 1 aliphatic rings. The molecule has 13 heteroatoms. The lowest BCUT2D eigenvalue weighted by atomic mass is 10.1. The molecule has 1 aliphatic heterocycles. The van der Waals surface area contributed by atoms with Crippen LogP contribution in [0.25, 0.3) is 0 Å². The van der Waals surface area contributed by atoms with Crippen molar-refractivity contribution in [3.8, 4) is 11.5 Å². The van der Waals surface area contributed by atoms with E-state index < -0.39 is 23.8 Å². The molecule has 3 aromatic rings. The van der Waals surface area contributed by atoms with Crippen LogP contribution in [0.3, 0.4) is 0 Å². The molecule has 2 atom stereocenters. The molecule has 0 radical (unpaired) electrons. The Morgan fingerprint density at radius 1 is 1.21 bits per heavy atom. The van der Waals surface area contributed by atoms with Crippen LogP contribution in [0.5, 0.6) is 11.5 Å².